The van der Waals surface area contributed by atoms with E-state index in [0.29, 0.717) is 36.1 Å². The van der Waals surface area contributed by atoms with E-state index in [2.05, 4.69) is 5.32 Å². The van der Waals surface area contributed by atoms with Crippen molar-refractivity contribution in [1.29, 1.82) is 0 Å². The monoisotopic (exact) mass is 350 g/mol. The van der Waals surface area contributed by atoms with Gasteiger partial charge in [0.1, 0.15) is 50.7 Å². The van der Waals surface area contributed by atoms with Gasteiger partial charge in [-0.05, 0) is 13.8 Å². The van der Waals surface area contributed by atoms with Crippen molar-refractivity contribution in [2.75, 3.05) is 24.3 Å². The molecule has 0 aliphatic heterocycles. The Hall–Kier alpha value is -2.37. The predicted octanol–water partition coefficient (Wildman–Crippen LogP) is -2.71. The Morgan fingerprint density at radius 1 is 0.889 bits per heavy atom. The zero-order chi connectivity index (χ0) is 20.3. The first-order chi connectivity index (χ1) is 12.7. The fourth-order valence-corrected chi connectivity index (χ4v) is 2.51. The van der Waals surface area contributed by atoms with E-state index in [4.69, 9.17) is 54.4 Å². The van der Waals surface area contributed by atoms with Gasteiger partial charge in [-0.2, -0.15) is 0 Å². The molecule has 0 aromatic heterocycles. The van der Waals surface area contributed by atoms with Gasteiger partial charge in [-0.1, -0.05) is 10.9 Å². The third-order valence-corrected chi connectivity index (χ3v) is 3.89. The van der Waals surface area contributed by atoms with Crippen molar-refractivity contribution in [3.8, 4) is 11.5 Å². The summed E-state index contributed by atoms with van der Waals surface area (Å²) in [5.41, 5.74) is 6.47. The highest BCUT2D eigenvalue weighted by Gasteiger charge is 2.19. The zero-order valence-corrected chi connectivity index (χ0v) is 15.3. The quantitative estimate of drug-likeness (QED) is 0.439. The van der Waals surface area contributed by atoms with Gasteiger partial charge in [0.25, 0.3) is 5.91 Å². The summed E-state index contributed by atoms with van der Waals surface area (Å²) in [7, 11) is 29.2. The molecule has 2 rings (SSSR count). The number of carbonyl (C=O) groups excluding carboxylic acids is 1. The van der Waals surface area contributed by atoms with Crippen LogP contribution in [0.25, 0.3) is 0 Å². The van der Waals surface area contributed by atoms with Crippen LogP contribution in [0.4, 0.5) is 11.4 Å². The smallest absolute Gasteiger partial charge is 0.254 e. The van der Waals surface area contributed by atoms with Crippen molar-refractivity contribution in [2.45, 2.75) is 13.8 Å². The maximum Gasteiger partial charge on any atom is 0.254 e. The molecule has 10 heteroatoms. The van der Waals surface area contributed by atoms with E-state index in [1.807, 2.05) is 6.92 Å². The molecular formula is C17H15B5N2O3. The molecule has 0 atom stereocenters. The number of amides is 1. The van der Waals surface area contributed by atoms with E-state index in [1.54, 1.807) is 19.1 Å². The highest BCUT2D eigenvalue weighted by Crippen LogP contribution is 2.35. The second-order valence-corrected chi connectivity index (χ2v) is 5.65. The van der Waals surface area contributed by atoms with E-state index in [1.165, 1.54) is 0 Å². The Morgan fingerprint density at radius 2 is 1.37 bits per heavy atom. The van der Waals surface area contributed by atoms with E-state index in [-0.39, 0.29) is 32.9 Å². The first kappa shape index (κ1) is 20.9. The molecule has 126 valence electrons. The molecule has 5 nitrogen and oxygen atoms in total. The first-order valence-electron chi connectivity index (χ1n) is 8.24. The second-order valence-electron chi connectivity index (χ2n) is 5.65. The number of hydrogen-bond donors (Lipinski definition) is 2. The van der Waals surface area contributed by atoms with Crippen LogP contribution in [0.15, 0.2) is 12.1 Å². The third kappa shape index (κ3) is 4.15. The number of anilines is 2. The number of hydrogen-bond acceptors (Lipinski definition) is 4. The molecule has 2 aromatic carbocycles. The van der Waals surface area contributed by atoms with Crippen LogP contribution < -0.4 is 47.8 Å². The minimum atomic E-state index is -0.628. The van der Waals surface area contributed by atoms with Gasteiger partial charge in [0.15, 0.2) is 0 Å². The Morgan fingerprint density at radius 3 is 1.89 bits per heavy atom. The van der Waals surface area contributed by atoms with Gasteiger partial charge in [0.2, 0.25) is 0 Å². The molecule has 27 heavy (non-hydrogen) atoms. The van der Waals surface area contributed by atoms with E-state index < -0.39 is 5.91 Å². The van der Waals surface area contributed by atoms with E-state index in [0.717, 1.165) is 0 Å². The van der Waals surface area contributed by atoms with Crippen LogP contribution in [0.5, 0.6) is 11.5 Å². The normalized spacial score (nSPS) is 10.4. The molecule has 0 spiro atoms. The molecule has 1 amide bonds. The molecule has 3 N–H and O–H groups in total. The Bertz CT molecular complexity index is 861. The number of carbonyl (C=O) groups is 1. The van der Waals surface area contributed by atoms with Crippen molar-refractivity contribution >= 4 is 83.8 Å². The fraction of sp³-hybridized carbons (Fsp3) is 0.235. The molecule has 0 fully saturated rings. The number of nitrogens with two attached hydrogens (primary N) is 1. The lowest BCUT2D eigenvalue weighted by Crippen LogP contribution is -2.57. The average Bonchev–Trinajstić information content (AvgIpc) is 2.62. The molecule has 0 aliphatic rings. The lowest BCUT2D eigenvalue weighted by Gasteiger charge is -2.21. The molecule has 0 saturated carbocycles. The lowest BCUT2D eigenvalue weighted by molar-refractivity contribution is 0.102. The molecule has 0 heterocycles. The summed E-state index contributed by atoms with van der Waals surface area (Å²) in [6.45, 7) is 4.38. The maximum absolute atomic E-state index is 12.8. The number of nitrogens with one attached hydrogen (secondary N) is 1. The average molecular weight is 349 g/mol. The van der Waals surface area contributed by atoms with Crippen LogP contribution >= 0.6 is 0 Å². The van der Waals surface area contributed by atoms with Crippen LogP contribution in [-0.2, 0) is 0 Å². The number of nitrogen functional groups attached to an aromatic ring is 1. The van der Waals surface area contributed by atoms with Gasteiger partial charge in [0.05, 0.1) is 24.6 Å². The van der Waals surface area contributed by atoms with Crippen molar-refractivity contribution in [3.63, 3.8) is 0 Å². The second kappa shape index (κ2) is 8.55. The van der Waals surface area contributed by atoms with Crippen molar-refractivity contribution in [1.82, 2.24) is 0 Å². The SMILES string of the molecule is [B]c1c([B])c([B])c(C(=O)Nc2cc(OCC)c(N)cc2OCC)c([B])c1[B]. The molecule has 2 aromatic rings. The van der Waals surface area contributed by atoms with Gasteiger partial charge in [-0.15, -0.1) is 16.4 Å². The number of rotatable bonds is 6. The van der Waals surface area contributed by atoms with Gasteiger partial charge >= 0.3 is 0 Å². The first-order valence-corrected chi connectivity index (χ1v) is 8.24. The van der Waals surface area contributed by atoms with Crippen molar-refractivity contribution in [2.24, 2.45) is 0 Å². The van der Waals surface area contributed by atoms with Crippen LogP contribution in [0.1, 0.15) is 24.2 Å². The largest absolute Gasteiger partial charge is 0.492 e. The van der Waals surface area contributed by atoms with Crippen LogP contribution in [0, 0.1) is 0 Å². The molecule has 0 aliphatic carbocycles. The van der Waals surface area contributed by atoms with Crippen LogP contribution in [0.3, 0.4) is 0 Å². The summed E-state index contributed by atoms with van der Waals surface area (Å²) in [5, 5.41) is 2.68. The zero-order valence-electron chi connectivity index (χ0n) is 15.3. The summed E-state index contributed by atoms with van der Waals surface area (Å²) in [6, 6.07) is 3.11. The maximum atomic E-state index is 12.8. The summed E-state index contributed by atoms with van der Waals surface area (Å²) in [6.07, 6.45) is 0. The molecule has 0 unspecified atom stereocenters. The standard InChI is InChI=1S/C17H15B5N2O3/c1-3-26-9-6-8(10(27-4-2)5-7(9)23)24-17(25)11-12(18)14(20)16(22)15(21)13(11)19/h5-6H,3-4,23H2,1-2H3,(H,24,25). The summed E-state index contributed by atoms with van der Waals surface area (Å²) in [5.74, 6) is 0.130. The number of benzene rings is 2. The highest BCUT2D eigenvalue weighted by atomic mass is 16.5. The van der Waals surface area contributed by atoms with E-state index >= 15 is 0 Å². The van der Waals surface area contributed by atoms with E-state index in [9.17, 15) is 4.79 Å². The molecule has 10 radical (unpaired) electrons. The van der Waals surface area contributed by atoms with Gasteiger partial charge in [-0.3, -0.25) is 4.79 Å². The lowest BCUT2D eigenvalue weighted by atomic mass is 9.60. The minimum absolute atomic E-state index is 0.0100. The number of ether oxygens (including phenoxy) is 2. The fourth-order valence-electron chi connectivity index (χ4n) is 2.51. The van der Waals surface area contributed by atoms with Gasteiger partial charge < -0.3 is 20.5 Å². The molecule has 0 saturated heterocycles. The molecule has 0 bridgehead atoms. The third-order valence-electron chi connectivity index (χ3n) is 3.89. The summed E-state index contributed by atoms with van der Waals surface area (Å²) >= 11 is 0. The van der Waals surface area contributed by atoms with Crippen LogP contribution in [-0.4, -0.2) is 58.4 Å². The topological polar surface area (TPSA) is 73.6 Å². The van der Waals surface area contributed by atoms with Crippen LogP contribution in [0.2, 0.25) is 0 Å². The predicted molar refractivity (Wildman–Crippen MR) is 115 cm³/mol. The summed E-state index contributed by atoms with van der Waals surface area (Å²) < 4.78 is 11.0. The minimum Gasteiger partial charge on any atom is -0.492 e. The Kier molecular flexibility index (Phi) is 6.63. The van der Waals surface area contributed by atoms with Crippen molar-refractivity contribution in [3.05, 3.63) is 17.7 Å². The van der Waals surface area contributed by atoms with Gasteiger partial charge in [-0.25, -0.2) is 0 Å². The highest BCUT2D eigenvalue weighted by molar-refractivity contribution is 6.68. The Labute approximate surface area is 165 Å². The van der Waals surface area contributed by atoms with Crippen molar-refractivity contribution < 1.29 is 14.3 Å². The van der Waals surface area contributed by atoms with Gasteiger partial charge in [0, 0.05) is 17.7 Å². The molecular weight excluding hydrogens is 334 g/mol. The Balaban J connectivity index is 2.51. The summed E-state index contributed by atoms with van der Waals surface area (Å²) in [4.78, 5) is 12.8.